The van der Waals surface area contributed by atoms with Crippen LogP contribution >= 0.6 is 15.9 Å². The van der Waals surface area contributed by atoms with E-state index >= 15 is 0 Å². The van der Waals surface area contributed by atoms with Crippen LogP contribution < -0.4 is 16.6 Å². The normalized spacial score (nSPS) is 18.3. The second-order valence-electron chi connectivity index (χ2n) is 5.19. The van der Waals surface area contributed by atoms with Crippen molar-refractivity contribution >= 4 is 21.6 Å². The number of anilines is 1. The topological polar surface area (TPSA) is 72.9 Å². The average Bonchev–Trinajstić information content (AvgIpc) is 2.45. The van der Waals surface area contributed by atoms with Gasteiger partial charge in [0.05, 0.1) is 11.9 Å². The van der Waals surface area contributed by atoms with Crippen molar-refractivity contribution in [3.8, 4) is 0 Å². The van der Waals surface area contributed by atoms with Gasteiger partial charge in [0.1, 0.15) is 4.47 Å². The molecule has 1 heterocycles. The third kappa shape index (κ3) is 3.36. The van der Waals surface area contributed by atoms with Crippen molar-refractivity contribution < 1.29 is 0 Å². The van der Waals surface area contributed by atoms with Crippen LogP contribution in [0, 0.1) is 5.92 Å². The molecular weight excluding hydrogens is 308 g/mol. The smallest absolute Gasteiger partial charge is 0.282 e. The molecular formula is C13H21BrN4O. The molecule has 0 aliphatic heterocycles. The molecule has 5 nitrogen and oxygen atoms in total. The summed E-state index contributed by atoms with van der Waals surface area (Å²) < 4.78 is 1.84. The molecule has 1 aromatic rings. The van der Waals surface area contributed by atoms with E-state index in [0.29, 0.717) is 16.9 Å². The van der Waals surface area contributed by atoms with E-state index in [4.69, 9.17) is 5.73 Å². The summed E-state index contributed by atoms with van der Waals surface area (Å²) in [6.45, 7) is 0.576. The maximum atomic E-state index is 11.8. The van der Waals surface area contributed by atoms with Crippen LogP contribution in [0.4, 0.5) is 5.69 Å². The van der Waals surface area contributed by atoms with Gasteiger partial charge in [0.15, 0.2) is 0 Å². The molecule has 1 atom stereocenters. The summed E-state index contributed by atoms with van der Waals surface area (Å²) in [5.41, 5.74) is 6.49. The first-order valence-corrected chi connectivity index (χ1v) is 7.61. The van der Waals surface area contributed by atoms with Crippen LogP contribution in [0.2, 0.25) is 0 Å². The molecule has 0 saturated heterocycles. The molecule has 1 aromatic heterocycles. The molecule has 6 heteroatoms. The lowest BCUT2D eigenvalue weighted by atomic mass is 9.84. The highest BCUT2D eigenvalue weighted by Crippen LogP contribution is 2.28. The molecule has 19 heavy (non-hydrogen) atoms. The number of aromatic nitrogens is 2. The Morgan fingerprint density at radius 1 is 1.53 bits per heavy atom. The summed E-state index contributed by atoms with van der Waals surface area (Å²) in [5, 5.41) is 7.43. The van der Waals surface area contributed by atoms with Crippen molar-refractivity contribution in [3.63, 3.8) is 0 Å². The molecule has 0 radical (unpaired) electrons. The van der Waals surface area contributed by atoms with E-state index < -0.39 is 0 Å². The molecule has 2 rings (SSSR count). The van der Waals surface area contributed by atoms with Crippen molar-refractivity contribution in [1.29, 1.82) is 0 Å². The van der Waals surface area contributed by atoms with E-state index in [-0.39, 0.29) is 11.6 Å². The first-order chi connectivity index (χ1) is 9.13. The summed E-state index contributed by atoms with van der Waals surface area (Å²) in [5.74, 6) is 0.592. The number of aryl methyl sites for hydroxylation is 1. The first-order valence-electron chi connectivity index (χ1n) is 6.82. The highest BCUT2D eigenvalue weighted by Gasteiger charge is 2.23. The number of nitrogens with one attached hydrogen (secondary N) is 1. The second-order valence-corrected chi connectivity index (χ2v) is 5.98. The van der Waals surface area contributed by atoms with Gasteiger partial charge in [-0.05, 0) is 34.7 Å². The van der Waals surface area contributed by atoms with Crippen molar-refractivity contribution in [2.45, 2.75) is 38.1 Å². The third-order valence-corrected chi connectivity index (χ3v) is 4.66. The van der Waals surface area contributed by atoms with E-state index in [1.807, 2.05) is 0 Å². The van der Waals surface area contributed by atoms with Gasteiger partial charge in [-0.1, -0.05) is 19.3 Å². The SMILES string of the molecule is Cn1ncc(NC(CN)C2CCCCC2)c(Br)c1=O. The van der Waals surface area contributed by atoms with Gasteiger partial charge in [0.25, 0.3) is 5.56 Å². The molecule has 0 aromatic carbocycles. The largest absolute Gasteiger partial charge is 0.378 e. The van der Waals surface area contributed by atoms with Crippen molar-refractivity contribution in [2.75, 3.05) is 11.9 Å². The van der Waals surface area contributed by atoms with E-state index in [9.17, 15) is 4.79 Å². The minimum Gasteiger partial charge on any atom is -0.378 e. The van der Waals surface area contributed by atoms with Gasteiger partial charge >= 0.3 is 0 Å². The van der Waals surface area contributed by atoms with Crippen LogP contribution in [0.15, 0.2) is 15.5 Å². The van der Waals surface area contributed by atoms with E-state index in [2.05, 4.69) is 26.3 Å². The third-order valence-electron chi connectivity index (χ3n) is 3.89. The Labute approximate surface area is 121 Å². The van der Waals surface area contributed by atoms with E-state index in [0.717, 1.165) is 5.69 Å². The van der Waals surface area contributed by atoms with Crippen LogP contribution in [0.25, 0.3) is 0 Å². The fourth-order valence-corrected chi connectivity index (χ4v) is 3.19. The Morgan fingerprint density at radius 3 is 2.84 bits per heavy atom. The Balaban J connectivity index is 2.14. The van der Waals surface area contributed by atoms with Crippen molar-refractivity contribution in [2.24, 2.45) is 18.7 Å². The predicted molar refractivity (Wildman–Crippen MR) is 80.2 cm³/mol. The maximum absolute atomic E-state index is 11.8. The quantitative estimate of drug-likeness (QED) is 0.884. The zero-order chi connectivity index (χ0) is 13.8. The molecule has 1 fully saturated rings. The highest BCUT2D eigenvalue weighted by molar-refractivity contribution is 9.10. The lowest BCUT2D eigenvalue weighted by Crippen LogP contribution is -2.38. The van der Waals surface area contributed by atoms with Crippen LogP contribution in [0.3, 0.4) is 0 Å². The van der Waals surface area contributed by atoms with Crippen LogP contribution in [0.5, 0.6) is 0 Å². The highest BCUT2D eigenvalue weighted by atomic mass is 79.9. The molecule has 0 amide bonds. The lowest BCUT2D eigenvalue weighted by molar-refractivity contribution is 0.320. The fourth-order valence-electron chi connectivity index (χ4n) is 2.72. The van der Waals surface area contributed by atoms with Crippen LogP contribution in [0.1, 0.15) is 32.1 Å². The molecule has 106 valence electrons. The van der Waals surface area contributed by atoms with E-state index in [1.165, 1.54) is 36.8 Å². The van der Waals surface area contributed by atoms with Gasteiger partial charge in [0, 0.05) is 19.6 Å². The average molecular weight is 329 g/mol. The number of rotatable bonds is 4. The lowest BCUT2D eigenvalue weighted by Gasteiger charge is -2.30. The zero-order valence-corrected chi connectivity index (χ0v) is 12.8. The molecule has 3 N–H and O–H groups in total. The van der Waals surface area contributed by atoms with Crippen molar-refractivity contribution in [1.82, 2.24) is 9.78 Å². The van der Waals surface area contributed by atoms with Gasteiger partial charge in [-0.2, -0.15) is 5.10 Å². The maximum Gasteiger partial charge on any atom is 0.282 e. The summed E-state index contributed by atoms with van der Waals surface area (Å²) in [7, 11) is 1.64. The fraction of sp³-hybridized carbons (Fsp3) is 0.692. The van der Waals surface area contributed by atoms with Gasteiger partial charge < -0.3 is 11.1 Å². The Kier molecular flexibility index (Phi) is 4.99. The molecule has 0 spiro atoms. The van der Waals surface area contributed by atoms with Crippen LogP contribution in [-0.2, 0) is 7.05 Å². The number of nitrogens with two attached hydrogens (primary N) is 1. The van der Waals surface area contributed by atoms with Gasteiger partial charge in [-0.25, -0.2) is 4.68 Å². The number of hydrogen-bond donors (Lipinski definition) is 2. The molecule has 1 aliphatic carbocycles. The Bertz CT molecular complexity index is 482. The van der Waals surface area contributed by atoms with Crippen LogP contribution in [-0.4, -0.2) is 22.4 Å². The minimum absolute atomic E-state index is 0.135. The molecule has 1 unspecified atom stereocenters. The van der Waals surface area contributed by atoms with Gasteiger partial charge in [-0.15, -0.1) is 0 Å². The monoisotopic (exact) mass is 328 g/mol. The predicted octanol–water partition coefficient (Wildman–Crippen LogP) is 1.86. The first kappa shape index (κ1) is 14.5. The van der Waals surface area contributed by atoms with Gasteiger partial charge in [-0.3, -0.25) is 4.79 Å². The molecule has 1 saturated carbocycles. The van der Waals surface area contributed by atoms with E-state index in [1.54, 1.807) is 13.2 Å². The minimum atomic E-state index is -0.135. The molecule has 0 bridgehead atoms. The summed E-state index contributed by atoms with van der Waals surface area (Å²) in [6.07, 6.45) is 7.98. The Morgan fingerprint density at radius 2 is 2.21 bits per heavy atom. The number of hydrogen-bond acceptors (Lipinski definition) is 4. The summed E-state index contributed by atoms with van der Waals surface area (Å²) in [4.78, 5) is 11.8. The number of halogens is 1. The summed E-state index contributed by atoms with van der Waals surface area (Å²) >= 11 is 3.34. The number of nitrogens with zero attached hydrogens (tertiary/aromatic N) is 2. The standard InChI is InChI=1S/C13H21BrN4O/c1-18-13(19)12(14)11(8-16-18)17-10(7-15)9-5-3-2-4-6-9/h8-10,17H,2-7,15H2,1H3. The molecule has 1 aliphatic rings. The second kappa shape index (κ2) is 6.52. The van der Waals surface area contributed by atoms with Crippen molar-refractivity contribution in [3.05, 3.63) is 21.0 Å². The zero-order valence-electron chi connectivity index (χ0n) is 11.2. The van der Waals surface area contributed by atoms with Gasteiger partial charge in [0.2, 0.25) is 0 Å². The Hall–Kier alpha value is -0.880. The summed E-state index contributed by atoms with van der Waals surface area (Å²) in [6, 6.07) is 0.213.